The van der Waals surface area contributed by atoms with Gasteiger partial charge in [-0.25, -0.2) is 0 Å². The van der Waals surface area contributed by atoms with Crippen LogP contribution in [-0.4, -0.2) is 24.8 Å². The van der Waals surface area contributed by atoms with E-state index in [0.717, 1.165) is 5.69 Å². The zero-order chi connectivity index (χ0) is 9.26. The van der Waals surface area contributed by atoms with Gasteiger partial charge in [0.1, 0.15) is 5.69 Å². The molecule has 0 unspecified atom stereocenters. The smallest absolute Gasteiger partial charge is 0.104 e. The molecule has 2 aromatic rings. The average molecular weight is 178 g/mol. The van der Waals surface area contributed by atoms with Gasteiger partial charge in [-0.1, -0.05) is 5.21 Å². The van der Waals surface area contributed by atoms with Gasteiger partial charge in [0, 0.05) is 19.4 Å². The van der Waals surface area contributed by atoms with Gasteiger partial charge in [0.25, 0.3) is 0 Å². The van der Waals surface area contributed by atoms with E-state index in [2.05, 4.69) is 15.4 Å². The molecule has 6 nitrogen and oxygen atoms in total. The lowest BCUT2D eigenvalue weighted by Gasteiger charge is -1.94. The molecule has 0 aliphatic rings. The van der Waals surface area contributed by atoms with Crippen LogP contribution < -0.4 is 5.73 Å². The number of rotatable bonds is 2. The fourth-order valence-electron chi connectivity index (χ4n) is 1.10. The Bertz CT molecular complexity index is 362. The van der Waals surface area contributed by atoms with Crippen molar-refractivity contribution in [3.05, 3.63) is 24.3 Å². The van der Waals surface area contributed by atoms with Crippen molar-refractivity contribution in [3.8, 4) is 0 Å². The Kier molecular flexibility index (Phi) is 1.73. The highest BCUT2D eigenvalue weighted by Gasteiger charge is 2.00. The molecule has 0 aliphatic carbocycles. The van der Waals surface area contributed by atoms with Crippen LogP contribution in [0.15, 0.2) is 18.6 Å². The molecule has 0 saturated heterocycles. The van der Waals surface area contributed by atoms with Crippen LogP contribution in [0.4, 0.5) is 5.69 Å². The molecule has 2 rings (SSSR count). The Labute approximate surface area is 75.0 Å². The second kappa shape index (κ2) is 2.89. The largest absolute Gasteiger partial charge is 0.396 e. The molecule has 0 fully saturated rings. The van der Waals surface area contributed by atoms with Crippen molar-refractivity contribution < 1.29 is 0 Å². The molecule has 6 heteroatoms. The third-order valence-electron chi connectivity index (χ3n) is 1.63. The Morgan fingerprint density at radius 2 is 2.31 bits per heavy atom. The molecule has 13 heavy (non-hydrogen) atoms. The molecule has 0 spiro atoms. The van der Waals surface area contributed by atoms with E-state index < -0.39 is 0 Å². The molecule has 0 saturated carbocycles. The van der Waals surface area contributed by atoms with E-state index in [4.69, 9.17) is 5.73 Å². The molecule has 2 heterocycles. The summed E-state index contributed by atoms with van der Waals surface area (Å²) in [7, 11) is 1.83. The fourth-order valence-corrected chi connectivity index (χ4v) is 1.10. The third kappa shape index (κ3) is 1.66. The average Bonchev–Trinajstić information content (AvgIpc) is 2.62. The van der Waals surface area contributed by atoms with Crippen LogP contribution in [0.25, 0.3) is 0 Å². The van der Waals surface area contributed by atoms with Crippen LogP contribution in [0.2, 0.25) is 0 Å². The van der Waals surface area contributed by atoms with Crippen molar-refractivity contribution in [1.82, 2.24) is 24.8 Å². The standard InChI is InChI=1S/C7H10N6/c1-12-4-7(10-11-12)5-13-3-6(8)2-9-13/h2-4H,5,8H2,1H3. The first-order valence-corrected chi connectivity index (χ1v) is 3.87. The van der Waals surface area contributed by atoms with E-state index in [9.17, 15) is 0 Å². The lowest BCUT2D eigenvalue weighted by molar-refractivity contribution is 0.667. The zero-order valence-electron chi connectivity index (χ0n) is 7.25. The molecule has 2 N–H and O–H groups in total. The normalized spacial score (nSPS) is 10.5. The molecular formula is C7H10N6. The van der Waals surface area contributed by atoms with Crippen LogP contribution in [0.1, 0.15) is 5.69 Å². The van der Waals surface area contributed by atoms with Gasteiger partial charge in [-0.15, -0.1) is 5.10 Å². The maximum Gasteiger partial charge on any atom is 0.104 e. The van der Waals surface area contributed by atoms with Crippen molar-refractivity contribution in [2.45, 2.75) is 6.54 Å². The summed E-state index contributed by atoms with van der Waals surface area (Å²) in [5.74, 6) is 0. The first-order chi connectivity index (χ1) is 6.24. The highest BCUT2D eigenvalue weighted by Crippen LogP contribution is 2.00. The first-order valence-electron chi connectivity index (χ1n) is 3.87. The molecule has 0 aliphatic heterocycles. The van der Waals surface area contributed by atoms with E-state index in [1.807, 2.05) is 13.2 Å². The predicted octanol–water partition coefficient (Wildman–Crippen LogP) is -0.358. The predicted molar refractivity (Wildman–Crippen MR) is 46.7 cm³/mol. The second-order valence-corrected chi connectivity index (χ2v) is 2.85. The first kappa shape index (κ1) is 7.78. The van der Waals surface area contributed by atoms with Gasteiger partial charge < -0.3 is 5.73 Å². The highest BCUT2D eigenvalue weighted by molar-refractivity contribution is 5.30. The lowest BCUT2D eigenvalue weighted by Crippen LogP contribution is -2.00. The van der Waals surface area contributed by atoms with Crippen molar-refractivity contribution in [3.63, 3.8) is 0 Å². The number of nitrogens with two attached hydrogens (primary N) is 1. The van der Waals surface area contributed by atoms with Crippen LogP contribution in [0.5, 0.6) is 0 Å². The third-order valence-corrected chi connectivity index (χ3v) is 1.63. The van der Waals surface area contributed by atoms with Crippen LogP contribution in [0, 0.1) is 0 Å². The molecule has 0 amide bonds. The van der Waals surface area contributed by atoms with Crippen LogP contribution in [0.3, 0.4) is 0 Å². The zero-order valence-corrected chi connectivity index (χ0v) is 7.25. The van der Waals surface area contributed by atoms with E-state index in [-0.39, 0.29) is 0 Å². The SMILES string of the molecule is Cn1cc(Cn2cc(N)cn2)nn1. The molecular weight excluding hydrogens is 168 g/mol. The Balaban J connectivity index is 2.14. The lowest BCUT2D eigenvalue weighted by atomic mass is 10.5. The second-order valence-electron chi connectivity index (χ2n) is 2.85. The number of hydrogen-bond donors (Lipinski definition) is 1. The number of aryl methyl sites for hydroxylation is 1. The van der Waals surface area contributed by atoms with Crippen LogP contribution in [-0.2, 0) is 13.6 Å². The maximum atomic E-state index is 5.51. The molecule has 0 radical (unpaired) electrons. The van der Waals surface area contributed by atoms with Gasteiger partial charge in [0.15, 0.2) is 0 Å². The summed E-state index contributed by atoms with van der Waals surface area (Å²) in [6.07, 6.45) is 5.21. The van der Waals surface area contributed by atoms with Gasteiger partial charge in [0.2, 0.25) is 0 Å². The maximum absolute atomic E-state index is 5.51. The number of hydrogen-bond acceptors (Lipinski definition) is 4. The summed E-state index contributed by atoms with van der Waals surface area (Å²) in [5.41, 5.74) is 7.04. The molecule has 0 bridgehead atoms. The van der Waals surface area contributed by atoms with Crippen molar-refractivity contribution >= 4 is 5.69 Å². The quantitative estimate of drug-likeness (QED) is 0.681. The van der Waals surface area contributed by atoms with Gasteiger partial charge in [-0.05, 0) is 0 Å². The van der Waals surface area contributed by atoms with Gasteiger partial charge >= 0.3 is 0 Å². The summed E-state index contributed by atoms with van der Waals surface area (Å²) in [6.45, 7) is 0.602. The minimum atomic E-state index is 0.602. The minimum absolute atomic E-state index is 0.602. The summed E-state index contributed by atoms with van der Waals surface area (Å²) in [5, 5.41) is 11.8. The van der Waals surface area contributed by atoms with Crippen molar-refractivity contribution in [2.75, 3.05) is 5.73 Å². The Morgan fingerprint density at radius 1 is 1.46 bits per heavy atom. The molecule has 0 atom stereocenters. The fraction of sp³-hybridized carbons (Fsp3) is 0.286. The summed E-state index contributed by atoms with van der Waals surface area (Å²) < 4.78 is 3.38. The van der Waals surface area contributed by atoms with E-state index in [1.54, 1.807) is 21.8 Å². The van der Waals surface area contributed by atoms with Gasteiger partial charge in [-0.3, -0.25) is 9.36 Å². The highest BCUT2D eigenvalue weighted by atomic mass is 15.4. The molecule has 2 aromatic heterocycles. The van der Waals surface area contributed by atoms with Gasteiger partial charge in [0.05, 0.1) is 18.4 Å². The Morgan fingerprint density at radius 3 is 2.85 bits per heavy atom. The summed E-state index contributed by atoms with van der Waals surface area (Å²) in [6, 6.07) is 0. The number of nitrogens with zero attached hydrogens (tertiary/aromatic N) is 5. The topological polar surface area (TPSA) is 74.5 Å². The van der Waals surface area contributed by atoms with Crippen LogP contribution >= 0.6 is 0 Å². The van der Waals surface area contributed by atoms with Gasteiger partial charge in [-0.2, -0.15) is 5.10 Å². The number of aromatic nitrogens is 5. The summed E-state index contributed by atoms with van der Waals surface area (Å²) >= 11 is 0. The Hall–Kier alpha value is -1.85. The molecule has 68 valence electrons. The van der Waals surface area contributed by atoms with E-state index >= 15 is 0 Å². The monoisotopic (exact) mass is 178 g/mol. The van der Waals surface area contributed by atoms with Crippen molar-refractivity contribution in [1.29, 1.82) is 0 Å². The molecule has 0 aromatic carbocycles. The van der Waals surface area contributed by atoms with E-state index in [0.29, 0.717) is 12.2 Å². The number of nitrogen functional groups attached to an aromatic ring is 1. The minimum Gasteiger partial charge on any atom is -0.396 e. The van der Waals surface area contributed by atoms with E-state index in [1.165, 1.54) is 0 Å². The summed E-state index contributed by atoms with van der Waals surface area (Å²) in [4.78, 5) is 0. The number of anilines is 1. The van der Waals surface area contributed by atoms with Crippen molar-refractivity contribution in [2.24, 2.45) is 7.05 Å².